The highest BCUT2D eigenvalue weighted by Crippen LogP contribution is 2.18. The lowest BCUT2D eigenvalue weighted by Crippen LogP contribution is -2.49. The molecule has 2 heterocycles. The summed E-state index contributed by atoms with van der Waals surface area (Å²) in [5.74, 6) is -1.66. The molecule has 3 rings (SSSR count). The fraction of sp³-hybridized carbons (Fsp3) is 0.353. The molecule has 1 unspecified atom stereocenters. The van der Waals surface area contributed by atoms with Gasteiger partial charge in [0.1, 0.15) is 5.82 Å². The summed E-state index contributed by atoms with van der Waals surface area (Å²) in [5, 5.41) is 13.3. The normalized spacial score (nSPS) is 17.5. The van der Waals surface area contributed by atoms with Crippen LogP contribution in [0.2, 0.25) is 0 Å². The summed E-state index contributed by atoms with van der Waals surface area (Å²) in [6, 6.07) is 5.25. The van der Waals surface area contributed by atoms with Crippen molar-refractivity contribution >= 4 is 11.9 Å². The summed E-state index contributed by atoms with van der Waals surface area (Å²) in [6.07, 6.45) is 1.51. The molecular formula is C17H18FN3O4. The van der Waals surface area contributed by atoms with Crippen molar-refractivity contribution in [1.29, 1.82) is 0 Å². The minimum absolute atomic E-state index is 0.177. The number of halogens is 1. The number of carbonyl (C=O) groups excluding carboxylic acids is 1. The molecule has 1 amide bonds. The van der Waals surface area contributed by atoms with Gasteiger partial charge in [-0.1, -0.05) is 0 Å². The maximum Gasteiger partial charge on any atom is 0.305 e. The second-order valence-corrected chi connectivity index (χ2v) is 5.91. The van der Waals surface area contributed by atoms with Crippen molar-refractivity contribution in [3.8, 4) is 5.69 Å². The molecule has 1 aliphatic rings. The predicted molar refractivity (Wildman–Crippen MR) is 86.2 cm³/mol. The Morgan fingerprint density at radius 1 is 1.36 bits per heavy atom. The van der Waals surface area contributed by atoms with Gasteiger partial charge in [-0.2, -0.15) is 5.10 Å². The number of carboxylic acids is 1. The molecule has 1 fully saturated rings. The highest BCUT2D eigenvalue weighted by molar-refractivity contribution is 5.94. The average molecular weight is 347 g/mol. The van der Waals surface area contributed by atoms with E-state index in [1.165, 1.54) is 21.7 Å². The first kappa shape index (κ1) is 17.1. The lowest BCUT2D eigenvalue weighted by Gasteiger charge is -2.34. The minimum atomic E-state index is -0.984. The molecule has 0 aliphatic carbocycles. The number of aliphatic carboxylic acids is 1. The Labute approximate surface area is 143 Å². The Bertz CT molecular complexity index is 788. The van der Waals surface area contributed by atoms with E-state index in [9.17, 15) is 14.0 Å². The Balaban J connectivity index is 1.86. The summed E-state index contributed by atoms with van der Waals surface area (Å²) in [7, 11) is 0. The third-order valence-corrected chi connectivity index (χ3v) is 4.09. The largest absolute Gasteiger partial charge is 0.481 e. The van der Waals surface area contributed by atoms with E-state index in [0.29, 0.717) is 24.4 Å². The molecular weight excluding hydrogens is 329 g/mol. The third-order valence-electron chi connectivity index (χ3n) is 4.09. The van der Waals surface area contributed by atoms with Gasteiger partial charge in [0.05, 0.1) is 31.4 Å². The van der Waals surface area contributed by atoms with Crippen LogP contribution in [0.1, 0.15) is 22.5 Å². The molecule has 1 aromatic carbocycles. The van der Waals surface area contributed by atoms with Crippen LogP contribution in [0.5, 0.6) is 0 Å². The number of benzene rings is 1. The van der Waals surface area contributed by atoms with Crippen molar-refractivity contribution in [2.24, 2.45) is 0 Å². The van der Waals surface area contributed by atoms with E-state index in [0.717, 1.165) is 0 Å². The van der Waals surface area contributed by atoms with Crippen molar-refractivity contribution in [2.45, 2.75) is 19.4 Å². The average Bonchev–Trinajstić information content (AvgIpc) is 2.96. The first-order valence-electron chi connectivity index (χ1n) is 7.88. The number of carbonyl (C=O) groups is 2. The van der Waals surface area contributed by atoms with E-state index >= 15 is 0 Å². The van der Waals surface area contributed by atoms with Crippen LogP contribution in [0, 0.1) is 12.7 Å². The molecule has 0 spiro atoms. The summed E-state index contributed by atoms with van der Waals surface area (Å²) in [6.45, 7) is 2.63. The summed E-state index contributed by atoms with van der Waals surface area (Å²) in [5.41, 5.74) is 1.55. The van der Waals surface area contributed by atoms with Crippen LogP contribution in [0.25, 0.3) is 5.69 Å². The number of nitrogens with zero attached hydrogens (tertiary/aromatic N) is 3. The number of aromatic nitrogens is 2. The summed E-state index contributed by atoms with van der Waals surface area (Å²) >= 11 is 0. The fourth-order valence-corrected chi connectivity index (χ4v) is 2.83. The molecule has 25 heavy (non-hydrogen) atoms. The number of amides is 1. The monoisotopic (exact) mass is 347 g/mol. The van der Waals surface area contributed by atoms with Crippen LogP contribution in [0.15, 0.2) is 30.5 Å². The molecule has 0 bridgehead atoms. The van der Waals surface area contributed by atoms with E-state index < -0.39 is 12.0 Å². The smallest absolute Gasteiger partial charge is 0.305 e. The van der Waals surface area contributed by atoms with Crippen LogP contribution in [-0.4, -0.2) is 57.5 Å². The van der Waals surface area contributed by atoms with E-state index in [1.807, 2.05) is 0 Å². The number of carboxylic acid groups (broad SMARTS) is 1. The van der Waals surface area contributed by atoms with Crippen molar-refractivity contribution < 1.29 is 23.8 Å². The quantitative estimate of drug-likeness (QED) is 0.909. The topological polar surface area (TPSA) is 84.7 Å². The lowest BCUT2D eigenvalue weighted by atomic mass is 10.1. The van der Waals surface area contributed by atoms with Crippen molar-refractivity contribution in [2.75, 3.05) is 19.8 Å². The third kappa shape index (κ3) is 3.69. The van der Waals surface area contributed by atoms with Gasteiger partial charge < -0.3 is 14.7 Å². The van der Waals surface area contributed by atoms with Crippen molar-refractivity contribution in [3.63, 3.8) is 0 Å². The van der Waals surface area contributed by atoms with Gasteiger partial charge in [-0.05, 0) is 31.2 Å². The van der Waals surface area contributed by atoms with Gasteiger partial charge in [0.25, 0.3) is 5.91 Å². The SMILES string of the molecule is Cc1cn(-c2ccc(F)cc2)nc1C(=O)N1CCOCC1CC(=O)O. The highest BCUT2D eigenvalue weighted by atomic mass is 19.1. The van der Waals surface area contributed by atoms with Gasteiger partial charge in [0.2, 0.25) is 0 Å². The highest BCUT2D eigenvalue weighted by Gasteiger charge is 2.31. The first-order chi connectivity index (χ1) is 12.0. The Morgan fingerprint density at radius 3 is 2.76 bits per heavy atom. The number of hydrogen-bond donors (Lipinski definition) is 1. The summed E-state index contributed by atoms with van der Waals surface area (Å²) < 4.78 is 19.9. The fourth-order valence-electron chi connectivity index (χ4n) is 2.83. The number of aryl methyl sites for hydroxylation is 1. The molecule has 1 atom stereocenters. The molecule has 2 aromatic rings. The molecule has 7 nitrogen and oxygen atoms in total. The van der Waals surface area contributed by atoms with Gasteiger partial charge >= 0.3 is 5.97 Å². The van der Waals surface area contributed by atoms with Gasteiger partial charge in [-0.15, -0.1) is 0 Å². The molecule has 1 aromatic heterocycles. The number of morpholine rings is 1. The second-order valence-electron chi connectivity index (χ2n) is 5.91. The standard InChI is InChI=1S/C17H18FN3O4/c1-11-9-21(13-4-2-12(18)3-5-13)19-16(11)17(24)20-6-7-25-10-14(20)8-15(22)23/h2-5,9,14H,6-8,10H2,1H3,(H,22,23). The van der Waals surface area contributed by atoms with E-state index in [-0.39, 0.29) is 30.4 Å². The maximum atomic E-state index is 13.1. The molecule has 0 radical (unpaired) electrons. The zero-order valence-electron chi connectivity index (χ0n) is 13.7. The van der Waals surface area contributed by atoms with Crippen LogP contribution in [0.3, 0.4) is 0 Å². The summed E-state index contributed by atoms with van der Waals surface area (Å²) in [4.78, 5) is 25.4. The van der Waals surface area contributed by atoms with Crippen LogP contribution in [-0.2, 0) is 9.53 Å². The number of ether oxygens (including phenoxy) is 1. The second kappa shape index (κ2) is 7.02. The Morgan fingerprint density at radius 2 is 2.08 bits per heavy atom. The van der Waals surface area contributed by atoms with Crippen LogP contribution < -0.4 is 0 Å². The Kier molecular flexibility index (Phi) is 4.80. The zero-order chi connectivity index (χ0) is 18.0. The van der Waals surface area contributed by atoms with Gasteiger partial charge in [-0.3, -0.25) is 9.59 Å². The Hall–Kier alpha value is -2.74. The predicted octanol–water partition coefficient (Wildman–Crippen LogP) is 1.64. The molecule has 0 saturated carbocycles. The van der Waals surface area contributed by atoms with Crippen LogP contribution in [0.4, 0.5) is 4.39 Å². The van der Waals surface area contributed by atoms with Gasteiger partial charge in [0.15, 0.2) is 5.69 Å². The molecule has 132 valence electrons. The van der Waals surface area contributed by atoms with E-state index in [2.05, 4.69) is 5.10 Å². The molecule has 8 heteroatoms. The van der Waals surface area contributed by atoms with E-state index in [4.69, 9.17) is 9.84 Å². The zero-order valence-corrected chi connectivity index (χ0v) is 13.7. The van der Waals surface area contributed by atoms with Crippen molar-refractivity contribution in [1.82, 2.24) is 14.7 Å². The maximum absolute atomic E-state index is 13.1. The minimum Gasteiger partial charge on any atom is -0.481 e. The molecule has 1 N–H and O–H groups in total. The number of rotatable bonds is 4. The number of hydrogen-bond acceptors (Lipinski definition) is 4. The molecule has 1 saturated heterocycles. The van der Waals surface area contributed by atoms with Crippen molar-refractivity contribution in [3.05, 3.63) is 47.5 Å². The van der Waals surface area contributed by atoms with Gasteiger partial charge in [0, 0.05) is 18.3 Å². The van der Waals surface area contributed by atoms with Crippen LogP contribution >= 0.6 is 0 Å². The first-order valence-corrected chi connectivity index (χ1v) is 7.88. The lowest BCUT2D eigenvalue weighted by molar-refractivity contribution is -0.139. The van der Waals surface area contributed by atoms with Gasteiger partial charge in [-0.25, -0.2) is 9.07 Å². The van der Waals surface area contributed by atoms with E-state index in [1.54, 1.807) is 25.3 Å². The molecule has 1 aliphatic heterocycles.